The van der Waals surface area contributed by atoms with Gasteiger partial charge in [0.15, 0.2) is 0 Å². The highest BCUT2D eigenvalue weighted by Crippen LogP contribution is 2.25. The fourth-order valence-corrected chi connectivity index (χ4v) is 3.86. The van der Waals surface area contributed by atoms with Gasteiger partial charge in [0.05, 0.1) is 0 Å². The fourth-order valence-electron chi connectivity index (χ4n) is 3.18. The van der Waals surface area contributed by atoms with E-state index in [1.165, 1.54) is 50.5 Å². The largest absolute Gasteiger partial charge is 0.311 e. The maximum atomic E-state index is 3.85. The van der Waals surface area contributed by atoms with Crippen LogP contribution in [0.1, 0.15) is 57.9 Å². The van der Waals surface area contributed by atoms with Crippen LogP contribution in [0.25, 0.3) is 0 Å². The first-order valence-corrected chi connectivity index (χ1v) is 8.49. The van der Waals surface area contributed by atoms with Crippen molar-refractivity contribution >= 4 is 11.3 Å². The van der Waals surface area contributed by atoms with E-state index in [4.69, 9.17) is 0 Å². The highest BCUT2D eigenvalue weighted by atomic mass is 32.1. The third-order valence-corrected chi connectivity index (χ3v) is 5.04. The maximum Gasteiger partial charge on any atom is 0.00820 e. The topological polar surface area (TPSA) is 12.0 Å². The van der Waals surface area contributed by atoms with Gasteiger partial charge in [-0.3, -0.25) is 0 Å². The summed E-state index contributed by atoms with van der Waals surface area (Å²) in [6, 6.07) is 3.63. The van der Waals surface area contributed by atoms with E-state index in [-0.39, 0.29) is 0 Å². The van der Waals surface area contributed by atoms with Gasteiger partial charge >= 0.3 is 0 Å². The SMILES string of the molecule is CCC1CCCC(NC(C)Cc2ccsc2)CC1. The highest BCUT2D eigenvalue weighted by molar-refractivity contribution is 7.07. The molecule has 1 aliphatic carbocycles. The van der Waals surface area contributed by atoms with E-state index in [0.29, 0.717) is 6.04 Å². The van der Waals surface area contributed by atoms with Gasteiger partial charge in [-0.15, -0.1) is 0 Å². The summed E-state index contributed by atoms with van der Waals surface area (Å²) in [7, 11) is 0. The van der Waals surface area contributed by atoms with Gasteiger partial charge in [-0.05, 0) is 60.9 Å². The van der Waals surface area contributed by atoms with E-state index in [9.17, 15) is 0 Å². The molecule has 0 radical (unpaired) electrons. The minimum Gasteiger partial charge on any atom is -0.311 e. The normalized spacial score (nSPS) is 26.8. The molecule has 1 saturated carbocycles. The number of thiophene rings is 1. The number of hydrogen-bond acceptors (Lipinski definition) is 2. The predicted octanol–water partition coefficient (Wildman–Crippen LogP) is 4.63. The van der Waals surface area contributed by atoms with Crippen molar-refractivity contribution in [1.29, 1.82) is 0 Å². The number of nitrogens with one attached hydrogen (secondary N) is 1. The molecular formula is C16H27NS. The highest BCUT2D eigenvalue weighted by Gasteiger charge is 2.19. The van der Waals surface area contributed by atoms with Crippen molar-refractivity contribution in [3.63, 3.8) is 0 Å². The van der Waals surface area contributed by atoms with Crippen LogP contribution in [-0.4, -0.2) is 12.1 Å². The average Bonchev–Trinajstić information content (AvgIpc) is 2.75. The number of hydrogen-bond donors (Lipinski definition) is 1. The summed E-state index contributed by atoms with van der Waals surface area (Å²) in [5, 5.41) is 8.30. The summed E-state index contributed by atoms with van der Waals surface area (Å²) >= 11 is 1.81. The van der Waals surface area contributed by atoms with E-state index in [1.54, 1.807) is 11.3 Å². The van der Waals surface area contributed by atoms with Crippen molar-refractivity contribution in [1.82, 2.24) is 5.32 Å². The van der Waals surface area contributed by atoms with Gasteiger partial charge in [-0.25, -0.2) is 0 Å². The Morgan fingerprint density at radius 2 is 2.22 bits per heavy atom. The first-order chi connectivity index (χ1) is 8.78. The molecule has 18 heavy (non-hydrogen) atoms. The summed E-state index contributed by atoms with van der Waals surface area (Å²) < 4.78 is 0. The summed E-state index contributed by atoms with van der Waals surface area (Å²) in [4.78, 5) is 0. The van der Waals surface area contributed by atoms with Crippen LogP contribution in [0, 0.1) is 5.92 Å². The first kappa shape index (κ1) is 14.1. The summed E-state index contributed by atoms with van der Waals surface area (Å²) in [6.07, 6.45) is 9.61. The van der Waals surface area contributed by atoms with Crippen molar-refractivity contribution in [2.45, 2.75) is 70.9 Å². The van der Waals surface area contributed by atoms with Crippen LogP contribution in [0.3, 0.4) is 0 Å². The second-order valence-electron chi connectivity index (χ2n) is 5.88. The zero-order chi connectivity index (χ0) is 12.8. The molecule has 3 atom stereocenters. The molecule has 1 aromatic heterocycles. The molecule has 0 saturated heterocycles. The molecule has 2 heteroatoms. The Balaban J connectivity index is 1.75. The molecule has 0 aromatic carbocycles. The molecule has 1 aliphatic rings. The van der Waals surface area contributed by atoms with Gasteiger partial charge in [0, 0.05) is 12.1 Å². The van der Waals surface area contributed by atoms with Crippen molar-refractivity contribution < 1.29 is 0 Å². The lowest BCUT2D eigenvalue weighted by Crippen LogP contribution is -2.37. The van der Waals surface area contributed by atoms with Gasteiger partial charge in [-0.1, -0.05) is 26.2 Å². The van der Waals surface area contributed by atoms with E-state index in [0.717, 1.165) is 12.0 Å². The summed E-state index contributed by atoms with van der Waals surface area (Å²) in [5.41, 5.74) is 1.49. The number of rotatable bonds is 5. The third kappa shape index (κ3) is 4.40. The van der Waals surface area contributed by atoms with Crippen LogP contribution in [0.15, 0.2) is 16.8 Å². The zero-order valence-corrected chi connectivity index (χ0v) is 12.6. The van der Waals surface area contributed by atoms with Crippen LogP contribution in [0.5, 0.6) is 0 Å². The minimum absolute atomic E-state index is 0.614. The minimum atomic E-state index is 0.614. The fraction of sp³-hybridized carbons (Fsp3) is 0.750. The molecule has 1 N–H and O–H groups in total. The standard InChI is InChI=1S/C16H27NS/c1-3-14-5-4-6-16(8-7-14)17-13(2)11-15-9-10-18-12-15/h9-10,12-14,16-17H,3-8,11H2,1-2H3. The lowest BCUT2D eigenvalue weighted by atomic mass is 9.97. The molecule has 0 amide bonds. The molecule has 3 unspecified atom stereocenters. The molecule has 1 heterocycles. The lowest BCUT2D eigenvalue weighted by Gasteiger charge is -2.22. The Labute approximate surface area is 116 Å². The first-order valence-electron chi connectivity index (χ1n) is 7.55. The predicted molar refractivity (Wildman–Crippen MR) is 81.3 cm³/mol. The van der Waals surface area contributed by atoms with E-state index in [1.807, 2.05) is 0 Å². The van der Waals surface area contributed by atoms with Crippen molar-refractivity contribution in [2.75, 3.05) is 0 Å². The second kappa shape index (κ2) is 7.30. The van der Waals surface area contributed by atoms with Gasteiger partial charge < -0.3 is 5.32 Å². The Morgan fingerprint density at radius 1 is 1.33 bits per heavy atom. The van der Waals surface area contributed by atoms with Crippen molar-refractivity contribution in [3.8, 4) is 0 Å². The Hall–Kier alpha value is -0.340. The summed E-state index contributed by atoms with van der Waals surface area (Å²) in [5.74, 6) is 0.990. The molecule has 2 rings (SSSR count). The van der Waals surface area contributed by atoms with Gasteiger partial charge in [0.1, 0.15) is 0 Å². The Morgan fingerprint density at radius 3 is 2.94 bits per heavy atom. The molecule has 102 valence electrons. The van der Waals surface area contributed by atoms with E-state index >= 15 is 0 Å². The third-order valence-electron chi connectivity index (χ3n) is 4.31. The van der Waals surface area contributed by atoms with Crippen molar-refractivity contribution in [3.05, 3.63) is 22.4 Å². The molecule has 1 nitrogen and oxygen atoms in total. The molecule has 0 bridgehead atoms. The lowest BCUT2D eigenvalue weighted by molar-refractivity contribution is 0.394. The average molecular weight is 265 g/mol. The van der Waals surface area contributed by atoms with Gasteiger partial charge in [-0.2, -0.15) is 11.3 Å². The van der Waals surface area contributed by atoms with Gasteiger partial charge in [0.25, 0.3) is 0 Å². The Bertz CT molecular complexity index is 320. The smallest absolute Gasteiger partial charge is 0.00820 e. The van der Waals surface area contributed by atoms with E-state index < -0.39 is 0 Å². The molecule has 0 aliphatic heterocycles. The summed E-state index contributed by atoms with van der Waals surface area (Å²) in [6.45, 7) is 4.68. The molecular weight excluding hydrogens is 238 g/mol. The van der Waals surface area contributed by atoms with Crippen LogP contribution in [0.2, 0.25) is 0 Å². The Kier molecular flexibility index (Phi) is 5.71. The molecule has 0 spiro atoms. The maximum absolute atomic E-state index is 3.85. The molecule has 1 fully saturated rings. The van der Waals surface area contributed by atoms with Crippen LogP contribution < -0.4 is 5.32 Å². The van der Waals surface area contributed by atoms with Crippen molar-refractivity contribution in [2.24, 2.45) is 5.92 Å². The van der Waals surface area contributed by atoms with Crippen LogP contribution in [-0.2, 0) is 6.42 Å². The van der Waals surface area contributed by atoms with Crippen LogP contribution in [0.4, 0.5) is 0 Å². The second-order valence-corrected chi connectivity index (χ2v) is 6.66. The van der Waals surface area contributed by atoms with Gasteiger partial charge in [0.2, 0.25) is 0 Å². The van der Waals surface area contributed by atoms with E-state index in [2.05, 4.69) is 36.0 Å². The zero-order valence-electron chi connectivity index (χ0n) is 11.8. The monoisotopic (exact) mass is 265 g/mol. The van der Waals surface area contributed by atoms with Crippen LogP contribution >= 0.6 is 11.3 Å². The molecule has 1 aromatic rings. The quantitative estimate of drug-likeness (QED) is 0.766.